The molecule has 2 aromatic carbocycles. The fraction of sp³-hybridized carbons (Fsp3) is 0.320. The number of halogens is 2. The number of aryl methyl sites for hydroxylation is 2. The van der Waals surface area contributed by atoms with Crippen LogP contribution in [-0.4, -0.2) is 39.6 Å². The van der Waals surface area contributed by atoms with Gasteiger partial charge in [0.1, 0.15) is 5.15 Å². The highest BCUT2D eigenvalue weighted by atomic mass is 35.5. The molecule has 1 saturated heterocycles. The number of carbonyl (C=O) groups excluding carboxylic acids is 2. The summed E-state index contributed by atoms with van der Waals surface area (Å²) in [6, 6.07) is 13.0. The highest BCUT2D eigenvalue weighted by molar-refractivity contribution is 6.34. The summed E-state index contributed by atoms with van der Waals surface area (Å²) in [7, 11) is 0. The van der Waals surface area contributed by atoms with Crippen LogP contribution in [0.15, 0.2) is 42.5 Å². The average molecular weight is 485 g/mol. The van der Waals surface area contributed by atoms with Crippen molar-refractivity contribution in [3.8, 4) is 0 Å². The van der Waals surface area contributed by atoms with Gasteiger partial charge in [0.15, 0.2) is 0 Å². The molecule has 6 nitrogen and oxygen atoms in total. The molecule has 0 atom stereocenters. The molecule has 4 rings (SSSR count). The maximum atomic E-state index is 13.2. The molecule has 1 aliphatic rings. The molecule has 172 valence electrons. The van der Waals surface area contributed by atoms with Gasteiger partial charge in [0.25, 0.3) is 11.8 Å². The van der Waals surface area contributed by atoms with Gasteiger partial charge in [-0.2, -0.15) is 5.10 Å². The topological polar surface area (TPSA) is 67.2 Å². The Labute approximate surface area is 203 Å². The van der Waals surface area contributed by atoms with Crippen molar-refractivity contribution in [3.05, 3.63) is 80.6 Å². The molecule has 3 aromatic rings. The van der Waals surface area contributed by atoms with Crippen LogP contribution >= 0.6 is 23.2 Å². The van der Waals surface area contributed by atoms with Crippen LogP contribution in [0.1, 0.15) is 56.8 Å². The quantitative estimate of drug-likeness (QED) is 0.502. The predicted octanol–water partition coefficient (Wildman–Crippen LogP) is 5.73. The lowest BCUT2D eigenvalue weighted by Crippen LogP contribution is -2.36. The zero-order valence-corrected chi connectivity index (χ0v) is 20.2. The number of hydrogen-bond donors (Lipinski definition) is 1. The van der Waals surface area contributed by atoms with E-state index < -0.39 is 5.91 Å². The molecular weight excluding hydrogens is 459 g/mol. The van der Waals surface area contributed by atoms with Gasteiger partial charge in [0, 0.05) is 18.1 Å². The summed E-state index contributed by atoms with van der Waals surface area (Å²) in [4.78, 5) is 28.1. The first-order chi connectivity index (χ1) is 15.8. The molecule has 1 aliphatic heterocycles. The van der Waals surface area contributed by atoms with E-state index in [9.17, 15) is 9.59 Å². The molecule has 0 radical (unpaired) electrons. The molecule has 0 aliphatic carbocycles. The molecule has 0 spiro atoms. The third-order valence-electron chi connectivity index (χ3n) is 5.85. The van der Waals surface area contributed by atoms with Crippen molar-refractivity contribution < 1.29 is 9.59 Å². The molecule has 8 heteroatoms. The Balaban J connectivity index is 1.58. The molecule has 2 heterocycles. The number of rotatable bonds is 5. The maximum absolute atomic E-state index is 13.2. The smallest absolute Gasteiger partial charge is 0.260 e. The Bertz CT molecular complexity index is 1180. The van der Waals surface area contributed by atoms with Gasteiger partial charge in [-0.05, 0) is 56.9 Å². The normalized spacial score (nSPS) is 13.8. The van der Waals surface area contributed by atoms with Crippen LogP contribution in [0.3, 0.4) is 0 Å². The molecule has 2 amide bonds. The van der Waals surface area contributed by atoms with Crippen LogP contribution in [0.5, 0.6) is 0 Å². The number of benzene rings is 2. The van der Waals surface area contributed by atoms with Crippen LogP contribution in [-0.2, 0) is 6.54 Å². The minimum atomic E-state index is -0.428. The first-order valence-electron chi connectivity index (χ1n) is 11.0. The van der Waals surface area contributed by atoms with Gasteiger partial charge in [-0.15, -0.1) is 0 Å². The first-order valence-corrected chi connectivity index (χ1v) is 11.8. The molecular formula is C25H26Cl2N4O2. The summed E-state index contributed by atoms with van der Waals surface area (Å²) in [5.41, 5.74) is 3.76. The van der Waals surface area contributed by atoms with E-state index >= 15 is 0 Å². The first kappa shape index (κ1) is 23.3. The summed E-state index contributed by atoms with van der Waals surface area (Å²) in [6.45, 7) is 5.64. The van der Waals surface area contributed by atoms with E-state index in [0.29, 0.717) is 41.6 Å². The lowest BCUT2D eigenvalue weighted by Gasteiger charge is -2.27. The SMILES string of the molecule is Cc1ccc(Cn2nc(C)c(C(=O)Nc3cc(Cl)ccc3C(=O)N3CCCCC3)c2Cl)cc1. The summed E-state index contributed by atoms with van der Waals surface area (Å²) in [5, 5.41) is 7.98. The van der Waals surface area contributed by atoms with Crippen LogP contribution in [0.25, 0.3) is 0 Å². The molecule has 1 fully saturated rings. The summed E-state index contributed by atoms with van der Waals surface area (Å²) in [6.07, 6.45) is 3.09. The van der Waals surface area contributed by atoms with Gasteiger partial charge in [-0.25, -0.2) is 4.68 Å². The summed E-state index contributed by atoms with van der Waals surface area (Å²) < 4.78 is 1.61. The van der Waals surface area contributed by atoms with E-state index in [1.165, 1.54) is 0 Å². The fourth-order valence-electron chi connectivity index (χ4n) is 4.04. The van der Waals surface area contributed by atoms with Crippen molar-refractivity contribution in [2.45, 2.75) is 39.7 Å². The molecule has 0 unspecified atom stereocenters. The van der Waals surface area contributed by atoms with Gasteiger partial charge in [-0.1, -0.05) is 53.0 Å². The number of nitrogens with one attached hydrogen (secondary N) is 1. The predicted molar refractivity (Wildman–Crippen MR) is 131 cm³/mol. The van der Waals surface area contributed by atoms with E-state index in [0.717, 1.165) is 30.4 Å². The fourth-order valence-corrected chi connectivity index (χ4v) is 4.53. The van der Waals surface area contributed by atoms with Crippen LogP contribution in [0.2, 0.25) is 10.2 Å². The summed E-state index contributed by atoms with van der Waals surface area (Å²) in [5.74, 6) is -0.540. The third kappa shape index (κ3) is 5.23. The van der Waals surface area contributed by atoms with E-state index in [1.54, 1.807) is 29.8 Å². The van der Waals surface area contributed by atoms with E-state index in [-0.39, 0.29) is 16.6 Å². The van der Waals surface area contributed by atoms with Crippen LogP contribution in [0, 0.1) is 13.8 Å². The highest BCUT2D eigenvalue weighted by Gasteiger charge is 2.25. The Morgan fingerprint density at radius 3 is 2.39 bits per heavy atom. The van der Waals surface area contributed by atoms with Crippen molar-refractivity contribution in [2.75, 3.05) is 18.4 Å². The molecule has 1 aromatic heterocycles. The standard InChI is InChI=1S/C25H26Cl2N4O2/c1-16-6-8-18(9-7-16)15-31-23(27)22(17(2)29-31)24(32)28-21-14-19(26)10-11-20(21)25(33)30-12-4-3-5-13-30/h6-11,14H,3-5,12-13,15H2,1-2H3,(H,28,32). The van der Waals surface area contributed by atoms with E-state index in [2.05, 4.69) is 10.4 Å². The van der Waals surface area contributed by atoms with Gasteiger partial charge >= 0.3 is 0 Å². The lowest BCUT2D eigenvalue weighted by molar-refractivity contribution is 0.0725. The number of hydrogen-bond acceptors (Lipinski definition) is 3. The average Bonchev–Trinajstić information content (AvgIpc) is 3.08. The molecule has 1 N–H and O–H groups in total. The van der Waals surface area contributed by atoms with Gasteiger partial charge < -0.3 is 10.2 Å². The van der Waals surface area contributed by atoms with Gasteiger partial charge in [0.05, 0.1) is 29.1 Å². The zero-order chi connectivity index (χ0) is 23.5. The number of likely N-dealkylation sites (tertiary alicyclic amines) is 1. The van der Waals surface area contributed by atoms with Crippen molar-refractivity contribution in [1.29, 1.82) is 0 Å². The Kier molecular flexibility index (Phi) is 7.05. The number of amides is 2. The van der Waals surface area contributed by atoms with Crippen LogP contribution in [0.4, 0.5) is 5.69 Å². The summed E-state index contributed by atoms with van der Waals surface area (Å²) >= 11 is 12.8. The van der Waals surface area contributed by atoms with Gasteiger partial charge in [-0.3, -0.25) is 9.59 Å². The minimum absolute atomic E-state index is 0.112. The molecule has 0 bridgehead atoms. The molecule has 33 heavy (non-hydrogen) atoms. The Hall–Kier alpha value is -2.83. The Morgan fingerprint density at radius 2 is 1.70 bits per heavy atom. The van der Waals surface area contributed by atoms with Gasteiger partial charge in [0.2, 0.25) is 0 Å². The van der Waals surface area contributed by atoms with Crippen molar-refractivity contribution >= 4 is 40.7 Å². The minimum Gasteiger partial charge on any atom is -0.339 e. The van der Waals surface area contributed by atoms with E-state index in [1.807, 2.05) is 36.1 Å². The third-order valence-corrected chi connectivity index (χ3v) is 6.47. The number of nitrogens with zero attached hydrogens (tertiary/aromatic N) is 3. The van der Waals surface area contributed by atoms with Crippen molar-refractivity contribution in [1.82, 2.24) is 14.7 Å². The monoisotopic (exact) mass is 484 g/mol. The highest BCUT2D eigenvalue weighted by Crippen LogP contribution is 2.27. The number of aromatic nitrogens is 2. The van der Waals surface area contributed by atoms with Crippen LogP contribution < -0.4 is 5.32 Å². The molecule has 0 saturated carbocycles. The number of anilines is 1. The van der Waals surface area contributed by atoms with Crippen molar-refractivity contribution in [3.63, 3.8) is 0 Å². The second-order valence-corrected chi connectivity index (χ2v) is 9.19. The number of piperidine rings is 1. The largest absolute Gasteiger partial charge is 0.339 e. The zero-order valence-electron chi connectivity index (χ0n) is 18.7. The lowest BCUT2D eigenvalue weighted by atomic mass is 10.1. The Morgan fingerprint density at radius 1 is 1.00 bits per heavy atom. The maximum Gasteiger partial charge on any atom is 0.260 e. The van der Waals surface area contributed by atoms with Crippen molar-refractivity contribution in [2.24, 2.45) is 0 Å². The van der Waals surface area contributed by atoms with E-state index in [4.69, 9.17) is 23.2 Å². The second-order valence-electron chi connectivity index (χ2n) is 8.39. The second kappa shape index (κ2) is 9.98. The number of carbonyl (C=O) groups is 2.